The van der Waals surface area contributed by atoms with Gasteiger partial charge in [0, 0.05) is 15.5 Å². The summed E-state index contributed by atoms with van der Waals surface area (Å²) in [4.78, 5) is 12.8. The Bertz CT molecular complexity index is 568. The molecule has 0 radical (unpaired) electrons. The van der Waals surface area contributed by atoms with Crippen LogP contribution in [0.5, 0.6) is 0 Å². The van der Waals surface area contributed by atoms with E-state index in [1.807, 2.05) is 18.2 Å². The van der Waals surface area contributed by atoms with Crippen molar-refractivity contribution in [3.63, 3.8) is 0 Å². The van der Waals surface area contributed by atoms with Crippen molar-refractivity contribution in [1.29, 1.82) is 0 Å². The molecule has 0 amide bonds. The highest BCUT2D eigenvalue weighted by Gasteiger charge is 2.43. The van der Waals surface area contributed by atoms with Gasteiger partial charge in [-0.15, -0.1) is 0 Å². The van der Waals surface area contributed by atoms with E-state index in [1.54, 1.807) is 6.07 Å². The number of carbonyl (C=O) groups is 1. The number of hydrogen-bond acceptors (Lipinski definition) is 1. The van der Waals surface area contributed by atoms with Crippen molar-refractivity contribution >= 4 is 35.1 Å². The number of rotatable bonds is 1. The summed E-state index contributed by atoms with van der Waals surface area (Å²) in [5.41, 5.74) is 1.79. The normalized spacial score (nSPS) is 23.7. The summed E-state index contributed by atoms with van der Waals surface area (Å²) in [6.45, 7) is 0. The van der Waals surface area contributed by atoms with E-state index < -0.39 is 0 Å². The van der Waals surface area contributed by atoms with E-state index in [9.17, 15) is 4.79 Å². The third kappa shape index (κ3) is 2.54. The highest BCUT2D eigenvalue weighted by atomic mass is 35.5. The summed E-state index contributed by atoms with van der Waals surface area (Å²) in [6, 6.07) is 5.44. The Balaban J connectivity index is 1.92. The maximum absolute atomic E-state index is 12.8. The topological polar surface area (TPSA) is 17.1 Å². The Kier molecular flexibility index (Phi) is 3.92. The van der Waals surface area contributed by atoms with Gasteiger partial charge in [-0.1, -0.05) is 42.1 Å². The molecule has 0 saturated heterocycles. The fourth-order valence-electron chi connectivity index (χ4n) is 3.66. The minimum absolute atomic E-state index is 0.0526. The van der Waals surface area contributed by atoms with Crippen LogP contribution in [-0.4, -0.2) is 5.78 Å². The van der Waals surface area contributed by atoms with Gasteiger partial charge in [-0.25, -0.2) is 0 Å². The van der Waals surface area contributed by atoms with Gasteiger partial charge in [-0.2, -0.15) is 0 Å². The fourth-order valence-corrected chi connectivity index (χ4v) is 4.12. The lowest BCUT2D eigenvalue weighted by Gasteiger charge is -2.33. The highest BCUT2D eigenvalue weighted by Crippen LogP contribution is 2.48. The van der Waals surface area contributed by atoms with E-state index in [-0.39, 0.29) is 5.41 Å². The number of halogens is 2. The first-order chi connectivity index (χ1) is 9.61. The molecule has 106 valence electrons. The van der Waals surface area contributed by atoms with Crippen molar-refractivity contribution in [3.8, 4) is 0 Å². The van der Waals surface area contributed by atoms with Crippen molar-refractivity contribution in [2.45, 2.75) is 44.9 Å². The van der Waals surface area contributed by atoms with E-state index in [0.717, 1.165) is 43.2 Å². The molecule has 1 aromatic rings. The highest BCUT2D eigenvalue weighted by molar-refractivity contribution is 6.35. The number of hydrogen-bond donors (Lipinski definition) is 0. The van der Waals surface area contributed by atoms with Gasteiger partial charge in [-0.05, 0) is 61.4 Å². The molecule has 20 heavy (non-hydrogen) atoms. The zero-order chi connectivity index (χ0) is 14.2. The molecule has 2 aliphatic carbocycles. The van der Waals surface area contributed by atoms with Gasteiger partial charge in [0.2, 0.25) is 0 Å². The molecule has 2 aliphatic rings. The summed E-state index contributed by atoms with van der Waals surface area (Å²) in [5.74, 6) is 0.368. The van der Waals surface area contributed by atoms with Crippen molar-refractivity contribution in [3.05, 3.63) is 39.4 Å². The Morgan fingerprint density at radius 3 is 2.45 bits per heavy atom. The van der Waals surface area contributed by atoms with Crippen LogP contribution in [0.3, 0.4) is 0 Å². The Morgan fingerprint density at radius 1 is 1.05 bits per heavy atom. The predicted molar refractivity (Wildman–Crippen MR) is 84.2 cm³/mol. The van der Waals surface area contributed by atoms with Gasteiger partial charge in [0.15, 0.2) is 5.78 Å². The monoisotopic (exact) mass is 308 g/mol. The third-order valence-corrected chi connectivity index (χ3v) is 5.29. The van der Waals surface area contributed by atoms with Crippen LogP contribution in [-0.2, 0) is 4.79 Å². The van der Waals surface area contributed by atoms with Crippen LogP contribution in [0, 0.1) is 5.41 Å². The average molecular weight is 309 g/mol. The molecule has 0 aliphatic heterocycles. The molecule has 1 aromatic carbocycles. The van der Waals surface area contributed by atoms with Crippen LogP contribution < -0.4 is 0 Å². The van der Waals surface area contributed by atoms with Gasteiger partial charge < -0.3 is 0 Å². The fraction of sp³-hybridized carbons (Fsp3) is 0.471. The van der Waals surface area contributed by atoms with E-state index in [2.05, 4.69) is 0 Å². The zero-order valence-electron chi connectivity index (χ0n) is 11.4. The molecule has 2 saturated carbocycles. The Labute approximate surface area is 130 Å². The molecule has 2 fully saturated rings. The van der Waals surface area contributed by atoms with Gasteiger partial charge in [0.25, 0.3) is 0 Å². The molecule has 0 N–H and O–H groups in total. The first-order valence-electron chi connectivity index (χ1n) is 7.31. The van der Waals surface area contributed by atoms with Crippen molar-refractivity contribution < 1.29 is 4.79 Å². The first-order valence-corrected chi connectivity index (χ1v) is 8.07. The molecule has 3 rings (SSSR count). The van der Waals surface area contributed by atoms with E-state index in [4.69, 9.17) is 23.2 Å². The number of ketones is 1. The number of carbonyl (C=O) groups excluding carboxylic acids is 1. The minimum atomic E-state index is -0.0526. The molecule has 3 heteroatoms. The summed E-state index contributed by atoms with van der Waals surface area (Å²) in [6.07, 6.45) is 9.55. The number of allylic oxidation sites excluding steroid dienone is 1. The average Bonchev–Trinajstić information content (AvgIpc) is 2.88. The molecular weight excluding hydrogens is 291 g/mol. The smallest absolute Gasteiger partial charge is 0.165 e. The van der Waals surface area contributed by atoms with E-state index in [0.29, 0.717) is 15.8 Å². The van der Waals surface area contributed by atoms with Crippen molar-refractivity contribution in [1.82, 2.24) is 0 Å². The molecular formula is C17H18Cl2O. The summed E-state index contributed by atoms with van der Waals surface area (Å²) < 4.78 is 0. The maximum Gasteiger partial charge on any atom is 0.165 e. The number of benzene rings is 1. The van der Waals surface area contributed by atoms with Gasteiger partial charge in [-0.3, -0.25) is 4.79 Å². The summed E-state index contributed by atoms with van der Waals surface area (Å²) in [7, 11) is 0. The van der Waals surface area contributed by atoms with E-state index in [1.165, 1.54) is 12.8 Å². The van der Waals surface area contributed by atoms with Crippen LogP contribution in [0.1, 0.15) is 50.5 Å². The van der Waals surface area contributed by atoms with Gasteiger partial charge in [0.1, 0.15) is 0 Å². The Hall–Kier alpha value is -0.790. The van der Waals surface area contributed by atoms with Crippen LogP contribution >= 0.6 is 23.2 Å². The lowest BCUT2D eigenvalue weighted by atomic mass is 9.69. The lowest BCUT2D eigenvalue weighted by Crippen LogP contribution is -2.32. The van der Waals surface area contributed by atoms with Crippen LogP contribution in [0.4, 0.5) is 0 Å². The van der Waals surface area contributed by atoms with Crippen molar-refractivity contribution in [2.24, 2.45) is 5.41 Å². The molecule has 0 atom stereocenters. The second kappa shape index (κ2) is 5.54. The predicted octanol–water partition coefficient (Wildman–Crippen LogP) is 5.69. The first kappa shape index (κ1) is 14.2. The molecule has 0 aromatic heterocycles. The lowest BCUT2D eigenvalue weighted by molar-refractivity contribution is -0.126. The summed E-state index contributed by atoms with van der Waals surface area (Å²) >= 11 is 12.1. The van der Waals surface area contributed by atoms with Crippen molar-refractivity contribution in [2.75, 3.05) is 0 Å². The summed E-state index contributed by atoms with van der Waals surface area (Å²) in [5, 5.41) is 1.24. The maximum atomic E-state index is 12.8. The van der Waals surface area contributed by atoms with Gasteiger partial charge >= 0.3 is 0 Å². The quantitative estimate of drug-likeness (QED) is 0.609. The second-order valence-corrected chi connectivity index (χ2v) is 6.85. The standard InChI is InChI=1S/C17H18Cl2O/c18-14-6-5-12(15(19)11-14)10-13-4-3-9-17(16(13)20)7-1-2-8-17/h5-6,10-11H,1-4,7-9H2. The number of Topliss-reactive ketones (excluding diaryl/α,β-unsaturated/α-hetero) is 1. The zero-order valence-corrected chi connectivity index (χ0v) is 12.9. The molecule has 0 bridgehead atoms. The molecule has 0 unspecified atom stereocenters. The largest absolute Gasteiger partial charge is 0.294 e. The van der Waals surface area contributed by atoms with Gasteiger partial charge in [0.05, 0.1) is 0 Å². The molecule has 1 spiro atoms. The SMILES string of the molecule is O=C1C(=Cc2ccc(Cl)cc2Cl)CCCC12CCCC2. The van der Waals surface area contributed by atoms with Crippen LogP contribution in [0.15, 0.2) is 23.8 Å². The molecule has 0 heterocycles. The van der Waals surface area contributed by atoms with Crippen LogP contribution in [0.25, 0.3) is 6.08 Å². The molecule has 1 nitrogen and oxygen atoms in total. The van der Waals surface area contributed by atoms with Crippen LogP contribution in [0.2, 0.25) is 10.0 Å². The Morgan fingerprint density at radius 2 is 1.75 bits per heavy atom. The van der Waals surface area contributed by atoms with E-state index >= 15 is 0 Å². The second-order valence-electron chi connectivity index (χ2n) is 6.01. The minimum Gasteiger partial charge on any atom is -0.294 e. The third-order valence-electron chi connectivity index (χ3n) is 4.73.